The lowest BCUT2D eigenvalue weighted by atomic mass is 10.1. The van der Waals surface area contributed by atoms with E-state index in [1.807, 2.05) is 6.07 Å². The highest BCUT2D eigenvalue weighted by Crippen LogP contribution is 2.27. The van der Waals surface area contributed by atoms with Gasteiger partial charge in [-0.1, -0.05) is 22.0 Å². The van der Waals surface area contributed by atoms with Crippen molar-refractivity contribution >= 4 is 15.9 Å². The van der Waals surface area contributed by atoms with Gasteiger partial charge in [-0.05, 0) is 17.7 Å². The monoisotopic (exact) mass is 323 g/mol. The van der Waals surface area contributed by atoms with E-state index in [1.165, 1.54) is 0 Å². The van der Waals surface area contributed by atoms with Gasteiger partial charge in [-0.25, -0.2) is 8.78 Å². The molecule has 2 nitrogen and oxygen atoms in total. The molecule has 0 fully saturated rings. The first kappa shape index (κ1) is 13.5. The molecule has 0 heterocycles. The van der Waals surface area contributed by atoms with Crippen LogP contribution in [0.2, 0.25) is 0 Å². The summed E-state index contributed by atoms with van der Waals surface area (Å²) in [6.45, 7) is 0. The molecular formula is C14H8BrF2NO. The van der Waals surface area contributed by atoms with Crippen molar-refractivity contribution in [2.75, 3.05) is 0 Å². The molecule has 0 aliphatic rings. The van der Waals surface area contributed by atoms with Crippen molar-refractivity contribution in [1.82, 2.24) is 0 Å². The molecule has 19 heavy (non-hydrogen) atoms. The summed E-state index contributed by atoms with van der Waals surface area (Å²) in [7, 11) is 0. The minimum atomic E-state index is -0.731. The summed E-state index contributed by atoms with van der Waals surface area (Å²) in [5.41, 5.74) is 1.22. The van der Waals surface area contributed by atoms with Gasteiger partial charge in [0.05, 0.1) is 5.56 Å². The van der Waals surface area contributed by atoms with Crippen LogP contribution in [0.5, 0.6) is 11.5 Å². The summed E-state index contributed by atoms with van der Waals surface area (Å²) < 4.78 is 31.4. The Hall–Kier alpha value is -1.93. The Morgan fingerprint density at radius 3 is 2.37 bits per heavy atom. The van der Waals surface area contributed by atoms with Crippen LogP contribution >= 0.6 is 15.9 Å². The van der Waals surface area contributed by atoms with Crippen LogP contribution in [0.3, 0.4) is 0 Å². The van der Waals surface area contributed by atoms with Crippen molar-refractivity contribution in [3.05, 3.63) is 59.2 Å². The van der Waals surface area contributed by atoms with Crippen molar-refractivity contribution in [1.29, 1.82) is 5.26 Å². The second kappa shape index (κ2) is 5.81. The zero-order chi connectivity index (χ0) is 13.8. The van der Waals surface area contributed by atoms with Gasteiger partial charge < -0.3 is 4.74 Å². The largest absolute Gasteiger partial charge is 0.456 e. The smallest absolute Gasteiger partial charge is 0.145 e. The molecule has 2 rings (SSSR count). The fourth-order valence-electron chi connectivity index (χ4n) is 1.55. The molecule has 0 radical (unpaired) electrons. The van der Waals surface area contributed by atoms with Crippen LogP contribution in [0, 0.1) is 23.0 Å². The summed E-state index contributed by atoms with van der Waals surface area (Å²) in [5, 5.41) is 9.64. The molecule has 0 unspecified atom stereocenters. The van der Waals surface area contributed by atoms with E-state index < -0.39 is 11.6 Å². The Kier molecular flexibility index (Phi) is 4.13. The highest BCUT2D eigenvalue weighted by atomic mass is 79.9. The maximum Gasteiger partial charge on any atom is 0.145 e. The third-order valence-corrected chi connectivity index (χ3v) is 3.03. The minimum Gasteiger partial charge on any atom is -0.456 e. The van der Waals surface area contributed by atoms with Gasteiger partial charge in [0.15, 0.2) is 0 Å². The van der Waals surface area contributed by atoms with Gasteiger partial charge in [-0.3, -0.25) is 0 Å². The fraction of sp³-hybridized carbons (Fsp3) is 0.0714. The van der Waals surface area contributed by atoms with Crippen molar-refractivity contribution < 1.29 is 13.5 Å². The molecule has 0 saturated carbocycles. The Morgan fingerprint density at radius 1 is 1.11 bits per heavy atom. The summed E-state index contributed by atoms with van der Waals surface area (Å²) in [5.74, 6) is -1.19. The third-order valence-electron chi connectivity index (χ3n) is 2.38. The highest BCUT2D eigenvalue weighted by molar-refractivity contribution is 9.08. The molecular weight excluding hydrogens is 316 g/mol. The lowest BCUT2D eigenvalue weighted by molar-refractivity contribution is 0.467. The number of hydrogen-bond donors (Lipinski definition) is 0. The molecule has 5 heteroatoms. The molecule has 96 valence electrons. The quantitative estimate of drug-likeness (QED) is 0.778. The molecule has 0 atom stereocenters. The first-order valence-electron chi connectivity index (χ1n) is 5.35. The van der Waals surface area contributed by atoms with Gasteiger partial charge in [-0.2, -0.15) is 5.26 Å². The van der Waals surface area contributed by atoms with E-state index in [1.54, 1.807) is 18.2 Å². The number of ether oxygens (including phenoxy) is 1. The summed E-state index contributed by atoms with van der Waals surface area (Å²) >= 11 is 3.28. The van der Waals surface area contributed by atoms with Gasteiger partial charge in [-0.15, -0.1) is 0 Å². The van der Waals surface area contributed by atoms with Gasteiger partial charge >= 0.3 is 0 Å². The standard InChI is InChI=1S/C14H8BrF2NO/c15-7-9-1-2-14(10(3-9)8-18)19-13-5-11(16)4-12(17)6-13/h1-6H,7H2. The van der Waals surface area contributed by atoms with E-state index >= 15 is 0 Å². The number of nitriles is 1. The summed E-state index contributed by atoms with van der Waals surface area (Å²) in [4.78, 5) is 0. The molecule has 2 aromatic rings. The first-order valence-corrected chi connectivity index (χ1v) is 6.47. The molecule has 0 aromatic heterocycles. The van der Waals surface area contributed by atoms with E-state index in [2.05, 4.69) is 15.9 Å². The molecule has 0 bridgehead atoms. The zero-order valence-corrected chi connectivity index (χ0v) is 11.2. The maximum absolute atomic E-state index is 13.0. The number of nitrogens with zero attached hydrogens (tertiary/aromatic N) is 1. The average molecular weight is 324 g/mol. The van der Waals surface area contributed by atoms with Crippen LogP contribution in [0.15, 0.2) is 36.4 Å². The number of hydrogen-bond acceptors (Lipinski definition) is 2. The van der Waals surface area contributed by atoms with E-state index in [0.717, 1.165) is 23.8 Å². The second-order valence-electron chi connectivity index (χ2n) is 3.78. The lowest BCUT2D eigenvalue weighted by Gasteiger charge is -2.08. The number of alkyl halides is 1. The van der Waals surface area contributed by atoms with Crippen LogP contribution in [0.4, 0.5) is 8.78 Å². The van der Waals surface area contributed by atoms with Gasteiger partial charge in [0.25, 0.3) is 0 Å². The fourth-order valence-corrected chi connectivity index (χ4v) is 1.90. The number of benzene rings is 2. The van der Waals surface area contributed by atoms with E-state index in [0.29, 0.717) is 10.9 Å². The van der Waals surface area contributed by atoms with Crippen LogP contribution in [0.1, 0.15) is 11.1 Å². The van der Waals surface area contributed by atoms with Crippen LogP contribution < -0.4 is 4.74 Å². The molecule has 0 N–H and O–H groups in total. The molecule has 0 amide bonds. The topological polar surface area (TPSA) is 33.0 Å². The second-order valence-corrected chi connectivity index (χ2v) is 4.34. The van der Waals surface area contributed by atoms with Crippen LogP contribution in [0.25, 0.3) is 0 Å². The lowest BCUT2D eigenvalue weighted by Crippen LogP contribution is -1.91. The summed E-state index contributed by atoms with van der Waals surface area (Å²) in [6, 6.07) is 9.87. The first-order chi connectivity index (χ1) is 9.12. The van der Waals surface area contributed by atoms with E-state index in [9.17, 15) is 8.78 Å². The highest BCUT2D eigenvalue weighted by Gasteiger charge is 2.08. The Morgan fingerprint density at radius 2 is 1.79 bits per heavy atom. The molecule has 0 aliphatic carbocycles. The predicted molar refractivity (Wildman–Crippen MR) is 70.2 cm³/mol. The SMILES string of the molecule is N#Cc1cc(CBr)ccc1Oc1cc(F)cc(F)c1. The third kappa shape index (κ3) is 3.30. The van der Waals surface area contributed by atoms with Crippen LogP contribution in [-0.4, -0.2) is 0 Å². The van der Waals surface area contributed by atoms with Crippen molar-refractivity contribution in [2.45, 2.75) is 5.33 Å². The molecule has 0 spiro atoms. The minimum absolute atomic E-state index is 0.0144. The molecule has 2 aromatic carbocycles. The van der Waals surface area contributed by atoms with E-state index in [4.69, 9.17) is 10.00 Å². The van der Waals surface area contributed by atoms with E-state index in [-0.39, 0.29) is 11.5 Å². The zero-order valence-electron chi connectivity index (χ0n) is 9.66. The van der Waals surface area contributed by atoms with Crippen molar-refractivity contribution in [2.24, 2.45) is 0 Å². The Balaban J connectivity index is 2.35. The maximum atomic E-state index is 13.0. The average Bonchev–Trinajstić information content (AvgIpc) is 2.38. The molecule has 0 saturated heterocycles. The van der Waals surface area contributed by atoms with Gasteiger partial charge in [0.2, 0.25) is 0 Å². The Labute approximate surface area is 117 Å². The predicted octanol–water partition coefficient (Wildman–Crippen LogP) is 4.52. The number of rotatable bonds is 3. The van der Waals surface area contributed by atoms with Crippen molar-refractivity contribution in [3.63, 3.8) is 0 Å². The van der Waals surface area contributed by atoms with Crippen molar-refractivity contribution in [3.8, 4) is 17.6 Å². The van der Waals surface area contributed by atoms with Crippen LogP contribution in [-0.2, 0) is 5.33 Å². The normalized spacial score (nSPS) is 10.0. The number of halogens is 3. The van der Waals surface area contributed by atoms with Gasteiger partial charge in [0.1, 0.15) is 29.2 Å². The van der Waals surface area contributed by atoms with Gasteiger partial charge in [0, 0.05) is 23.5 Å². The summed E-state index contributed by atoms with van der Waals surface area (Å²) in [6.07, 6.45) is 0. The molecule has 0 aliphatic heterocycles. The Bertz CT molecular complexity index is 632.